The fourth-order valence-electron chi connectivity index (χ4n) is 3.01. The number of unbranched alkanes of at least 4 members (excludes halogenated alkanes) is 9. The maximum Gasteiger partial charge on any atom is 0.339 e. The van der Waals surface area contributed by atoms with E-state index in [9.17, 15) is 9.90 Å². The Labute approximate surface area is 140 Å². The van der Waals surface area contributed by atoms with Crippen LogP contribution in [-0.4, -0.2) is 16.2 Å². The van der Waals surface area contributed by atoms with Gasteiger partial charge >= 0.3 is 5.97 Å². The molecule has 2 N–H and O–H groups in total. The number of carboxylic acids is 1. The summed E-state index contributed by atoms with van der Waals surface area (Å²) >= 11 is 0. The Bertz CT molecular complexity index is 480. The van der Waals surface area contributed by atoms with Gasteiger partial charge in [0.05, 0.1) is 0 Å². The third-order valence-corrected chi connectivity index (χ3v) is 4.36. The second-order valence-corrected chi connectivity index (χ2v) is 6.56. The summed E-state index contributed by atoms with van der Waals surface area (Å²) in [5.74, 6) is -1.12. The third-order valence-electron chi connectivity index (χ3n) is 4.36. The van der Waals surface area contributed by atoms with Gasteiger partial charge in [-0.05, 0) is 37.0 Å². The molecule has 1 rings (SSSR count). The molecule has 0 heterocycles. The highest BCUT2D eigenvalue weighted by Gasteiger charge is 2.14. The molecular formula is C20H32O3. The predicted molar refractivity (Wildman–Crippen MR) is 95.4 cm³/mol. The van der Waals surface area contributed by atoms with Crippen molar-refractivity contribution in [2.24, 2.45) is 0 Å². The van der Waals surface area contributed by atoms with E-state index in [1.807, 2.05) is 13.0 Å². The fraction of sp³-hybridized carbons (Fsp3) is 0.650. The largest absolute Gasteiger partial charge is 0.507 e. The maximum absolute atomic E-state index is 11.1. The first-order chi connectivity index (χ1) is 11.1. The number of carbonyl (C=O) groups is 1. The van der Waals surface area contributed by atoms with Crippen LogP contribution < -0.4 is 0 Å². The lowest BCUT2D eigenvalue weighted by atomic mass is 9.99. The van der Waals surface area contributed by atoms with E-state index in [1.54, 1.807) is 0 Å². The Balaban J connectivity index is 2.22. The zero-order chi connectivity index (χ0) is 17.1. The molecule has 0 radical (unpaired) electrons. The molecule has 0 aromatic heterocycles. The van der Waals surface area contributed by atoms with E-state index in [1.165, 1.54) is 57.4 Å². The Morgan fingerprint density at radius 1 is 0.913 bits per heavy atom. The van der Waals surface area contributed by atoms with Gasteiger partial charge in [0.2, 0.25) is 0 Å². The van der Waals surface area contributed by atoms with Crippen LogP contribution in [0.5, 0.6) is 5.75 Å². The van der Waals surface area contributed by atoms with E-state index >= 15 is 0 Å². The summed E-state index contributed by atoms with van der Waals surface area (Å²) in [6.45, 7) is 4.11. The van der Waals surface area contributed by atoms with Gasteiger partial charge in [0.1, 0.15) is 11.3 Å². The van der Waals surface area contributed by atoms with Crippen LogP contribution >= 0.6 is 0 Å². The lowest BCUT2D eigenvalue weighted by Crippen LogP contribution is -2.00. The minimum atomic E-state index is -1.06. The molecule has 23 heavy (non-hydrogen) atoms. The van der Waals surface area contributed by atoms with Crippen molar-refractivity contribution in [2.45, 2.75) is 84.5 Å². The molecule has 3 heteroatoms. The van der Waals surface area contributed by atoms with Crippen molar-refractivity contribution in [1.29, 1.82) is 0 Å². The summed E-state index contributed by atoms with van der Waals surface area (Å²) in [4.78, 5) is 11.1. The van der Waals surface area contributed by atoms with Crippen LogP contribution in [0.4, 0.5) is 0 Å². The summed E-state index contributed by atoms with van der Waals surface area (Å²) in [6, 6.07) is 3.43. The Morgan fingerprint density at radius 2 is 1.43 bits per heavy atom. The van der Waals surface area contributed by atoms with Crippen LogP contribution in [0.2, 0.25) is 0 Å². The number of phenols is 1. The third kappa shape index (κ3) is 7.54. The van der Waals surface area contributed by atoms with E-state index in [-0.39, 0.29) is 11.3 Å². The Kier molecular flexibility index (Phi) is 9.42. The van der Waals surface area contributed by atoms with E-state index < -0.39 is 5.97 Å². The molecule has 1 aromatic rings. The van der Waals surface area contributed by atoms with Crippen molar-refractivity contribution < 1.29 is 15.0 Å². The molecule has 0 saturated carbocycles. The molecular weight excluding hydrogens is 288 g/mol. The van der Waals surface area contributed by atoms with E-state index in [4.69, 9.17) is 5.11 Å². The maximum atomic E-state index is 11.1. The van der Waals surface area contributed by atoms with Crippen molar-refractivity contribution >= 4 is 5.97 Å². The topological polar surface area (TPSA) is 57.5 Å². The molecule has 0 aliphatic rings. The van der Waals surface area contributed by atoms with Crippen molar-refractivity contribution in [3.05, 3.63) is 28.8 Å². The van der Waals surface area contributed by atoms with Gasteiger partial charge in [-0.25, -0.2) is 4.79 Å². The van der Waals surface area contributed by atoms with Crippen molar-refractivity contribution in [3.63, 3.8) is 0 Å². The Hall–Kier alpha value is -1.51. The summed E-state index contributed by atoms with van der Waals surface area (Å²) in [7, 11) is 0. The van der Waals surface area contributed by atoms with E-state index in [0.29, 0.717) is 0 Å². The van der Waals surface area contributed by atoms with Crippen LogP contribution in [0.1, 0.15) is 92.6 Å². The number of aromatic hydroxyl groups is 1. The number of benzene rings is 1. The molecule has 0 saturated heterocycles. The van der Waals surface area contributed by atoms with Gasteiger partial charge in [0.25, 0.3) is 0 Å². The van der Waals surface area contributed by atoms with Gasteiger partial charge in [0.15, 0.2) is 0 Å². The van der Waals surface area contributed by atoms with Crippen LogP contribution in [0.25, 0.3) is 0 Å². The van der Waals surface area contributed by atoms with Gasteiger partial charge in [-0.1, -0.05) is 70.8 Å². The number of carboxylic acid groups (broad SMARTS) is 1. The van der Waals surface area contributed by atoms with Gasteiger partial charge in [-0.2, -0.15) is 0 Å². The molecule has 3 nitrogen and oxygen atoms in total. The summed E-state index contributed by atoms with van der Waals surface area (Å²) < 4.78 is 0. The second-order valence-electron chi connectivity index (χ2n) is 6.56. The van der Waals surface area contributed by atoms with Gasteiger partial charge in [0, 0.05) is 0 Å². The first-order valence-corrected chi connectivity index (χ1v) is 9.12. The van der Waals surface area contributed by atoms with Gasteiger partial charge in [-0.3, -0.25) is 0 Å². The first-order valence-electron chi connectivity index (χ1n) is 9.12. The predicted octanol–water partition coefficient (Wildman–Crippen LogP) is 5.86. The standard InChI is InChI=1S/C20H32O3/c1-3-4-5-6-7-8-9-10-11-12-13-17-14-16(2)15-18(19(17)21)20(22)23/h14-15,21H,3-13H2,1-2H3,(H,22,23). The highest BCUT2D eigenvalue weighted by Crippen LogP contribution is 2.26. The SMILES string of the molecule is CCCCCCCCCCCCc1cc(C)cc(C(=O)O)c1O. The average Bonchev–Trinajstić information content (AvgIpc) is 2.51. The molecule has 0 bridgehead atoms. The number of aromatic carboxylic acids is 1. The summed E-state index contributed by atoms with van der Waals surface area (Å²) in [6.07, 6.45) is 13.5. The molecule has 0 aliphatic heterocycles. The molecule has 1 aromatic carbocycles. The molecule has 0 atom stereocenters. The average molecular weight is 320 g/mol. The van der Waals surface area contributed by atoms with Crippen molar-refractivity contribution in [2.75, 3.05) is 0 Å². The molecule has 130 valence electrons. The highest BCUT2D eigenvalue weighted by molar-refractivity contribution is 5.91. The zero-order valence-electron chi connectivity index (χ0n) is 14.7. The smallest absolute Gasteiger partial charge is 0.339 e. The normalized spacial score (nSPS) is 10.9. The molecule has 0 unspecified atom stereocenters. The minimum absolute atomic E-state index is 0.0204. The Morgan fingerprint density at radius 3 is 1.96 bits per heavy atom. The fourth-order valence-corrected chi connectivity index (χ4v) is 3.01. The highest BCUT2D eigenvalue weighted by atomic mass is 16.4. The molecule has 0 amide bonds. The minimum Gasteiger partial charge on any atom is -0.507 e. The van der Waals surface area contributed by atoms with E-state index in [2.05, 4.69) is 6.92 Å². The quantitative estimate of drug-likeness (QED) is 0.474. The van der Waals surface area contributed by atoms with Crippen molar-refractivity contribution in [3.8, 4) is 5.75 Å². The molecule has 0 fully saturated rings. The van der Waals surface area contributed by atoms with Crippen LogP contribution in [0, 0.1) is 6.92 Å². The number of aryl methyl sites for hydroxylation is 2. The molecule has 0 spiro atoms. The first kappa shape index (κ1) is 19.5. The number of hydrogen-bond donors (Lipinski definition) is 2. The van der Waals surface area contributed by atoms with Crippen LogP contribution in [0.3, 0.4) is 0 Å². The number of hydrogen-bond acceptors (Lipinski definition) is 2. The molecule has 0 aliphatic carbocycles. The summed E-state index contributed by atoms with van der Waals surface area (Å²) in [5.41, 5.74) is 1.68. The van der Waals surface area contributed by atoms with Gasteiger partial charge in [-0.15, -0.1) is 0 Å². The monoisotopic (exact) mass is 320 g/mol. The van der Waals surface area contributed by atoms with E-state index in [0.717, 1.165) is 30.4 Å². The lowest BCUT2D eigenvalue weighted by Gasteiger charge is -2.09. The second kappa shape index (κ2) is 11.1. The van der Waals surface area contributed by atoms with Crippen LogP contribution in [-0.2, 0) is 6.42 Å². The lowest BCUT2D eigenvalue weighted by molar-refractivity contribution is 0.0693. The number of rotatable bonds is 12. The van der Waals surface area contributed by atoms with Crippen LogP contribution in [0.15, 0.2) is 12.1 Å². The van der Waals surface area contributed by atoms with Crippen molar-refractivity contribution in [1.82, 2.24) is 0 Å². The zero-order valence-corrected chi connectivity index (χ0v) is 14.7. The van der Waals surface area contributed by atoms with Gasteiger partial charge < -0.3 is 10.2 Å². The summed E-state index contributed by atoms with van der Waals surface area (Å²) in [5, 5.41) is 19.1.